The molecule has 0 amide bonds. The lowest BCUT2D eigenvalue weighted by Crippen LogP contribution is -2.37. The van der Waals surface area contributed by atoms with Crippen LogP contribution in [-0.2, 0) is 0 Å². The molecule has 0 aromatic heterocycles. The van der Waals surface area contributed by atoms with Gasteiger partial charge in [-0.15, -0.1) is 0 Å². The Balaban J connectivity index is 2.97. The molecule has 0 fully saturated rings. The number of hydrogen-bond acceptors (Lipinski definition) is 2. The molecule has 0 aliphatic rings. The van der Waals surface area contributed by atoms with Crippen LogP contribution in [0.4, 0.5) is 0 Å². The summed E-state index contributed by atoms with van der Waals surface area (Å²) in [5.74, 6) is 0.961. The highest BCUT2D eigenvalue weighted by Gasteiger charge is 2.19. The van der Waals surface area contributed by atoms with E-state index in [4.69, 9.17) is 10.5 Å². The number of nitrogens with two attached hydrogens (primary N) is 1. The van der Waals surface area contributed by atoms with E-state index in [2.05, 4.69) is 26.0 Å². The molecule has 0 spiro atoms. The van der Waals surface area contributed by atoms with E-state index < -0.39 is 0 Å². The molecular formula is C12H19NO. The predicted molar refractivity (Wildman–Crippen MR) is 59.7 cm³/mol. The number of ether oxygens (including phenoxy) is 1. The molecule has 2 heteroatoms. The number of para-hydroxylation sites is 1. The maximum Gasteiger partial charge on any atom is 0.125 e. The van der Waals surface area contributed by atoms with Gasteiger partial charge in [0.05, 0.1) is 0 Å². The molecule has 2 nitrogen and oxygen atoms in total. The fourth-order valence-electron chi connectivity index (χ4n) is 1.28. The van der Waals surface area contributed by atoms with Gasteiger partial charge < -0.3 is 10.5 Å². The molecule has 0 heterocycles. The van der Waals surface area contributed by atoms with E-state index in [1.807, 2.05) is 19.9 Å². The lowest BCUT2D eigenvalue weighted by molar-refractivity contribution is 0.117. The first-order chi connectivity index (χ1) is 6.46. The van der Waals surface area contributed by atoms with Gasteiger partial charge in [0.2, 0.25) is 0 Å². The third kappa shape index (κ3) is 2.48. The quantitative estimate of drug-likeness (QED) is 0.800. The summed E-state index contributed by atoms with van der Waals surface area (Å²) in [4.78, 5) is 0. The first-order valence-electron chi connectivity index (χ1n) is 4.91. The Morgan fingerprint density at radius 3 is 2.14 bits per heavy atom. The summed E-state index contributed by atoms with van der Waals surface area (Å²) < 4.78 is 5.89. The summed E-state index contributed by atoms with van der Waals surface area (Å²) >= 11 is 0. The Bertz CT molecular complexity index is 298. The van der Waals surface area contributed by atoms with Crippen molar-refractivity contribution < 1.29 is 4.74 Å². The minimum absolute atomic E-state index is 0.295. The number of hydrogen-bond donors (Lipinski definition) is 1. The van der Waals surface area contributed by atoms with Crippen molar-refractivity contribution in [2.45, 2.75) is 33.3 Å². The van der Waals surface area contributed by atoms with Crippen molar-refractivity contribution >= 4 is 0 Å². The first-order valence-corrected chi connectivity index (χ1v) is 4.91. The Hall–Kier alpha value is -1.02. The van der Waals surface area contributed by atoms with E-state index in [1.54, 1.807) is 0 Å². The van der Waals surface area contributed by atoms with Crippen LogP contribution >= 0.6 is 0 Å². The maximum atomic E-state index is 5.89. The first kappa shape index (κ1) is 11.1. The van der Waals surface area contributed by atoms with Gasteiger partial charge in [-0.25, -0.2) is 0 Å². The van der Waals surface area contributed by atoms with Crippen molar-refractivity contribution in [1.29, 1.82) is 0 Å². The lowest BCUT2D eigenvalue weighted by Gasteiger charge is -2.26. The Kier molecular flexibility index (Phi) is 3.17. The van der Waals surface area contributed by atoms with Gasteiger partial charge in [-0.1, -0.05) is 18.2 Å². The van der Waals surface area contributed by atoms with E-state index in [0.717, 1.165) is 16.9 Å². The van der Waals surface area contributed by atoms with E-state index in [0.29, 0.717) is 6.54 Å². The zero-order valence-corrected chi connectivity index (χ0v) is 9.42. The van der Waals surface area contributed by atoms with Crippen LogP contribution in [0.2, 0.25) is 0 Å². The smallest absolute Gasteiger partial charge is 0.125 e. The van der Waals surface area contributed by atoms with Crippen LogP contribution in [0.1, 0.15) is 25.0 Å². The second-order valence-corrected chi connectivity index (χ2v) is 4.29. The molecule has 0 saturated heterocycles. The van der Waals surface area contributed by atoms with E-state index in [-0.39, 0.29) is 5.60 Å². The minimum atomic E-state index is -0.295. The van der Waals surface area contributed by atoms with Crippen molar-refractivity contribution in [2.24, 2.45) is 5.73 Å². The fraction of sp³-hybridized carbons (Fsp3) is 0.500. The zero-order valence-electron chi connectivity index (χ0n) is 9.42. The normalized spacial score (nSPS) is 11.5. The Labute approximate surface area is 86.1 Å². The molecule has 0 aliphatic carbocycles. The monoisotopic (exact) mass is 193 g/mol. The number of rotatable bonds is 3. The van der Waals surface area contributed by atoms with Gasteiger partial charge >= 0.3 is 0 Å². The van der Waals surface area contributed by atoms with Crippen LogP contribution < -0.4 is 10.5 Å². The van der Waals surface area contributed by atoms with Crippen molar-refractivity contribution in [3.8, 4) is 5.75 Å². The molecule has 0 aliphatic heterocycles. The highest BCUT2D eigenvalue weighted by Crippen LogP contribution is 2.26. The van der Waals surface area contributed by atoms with Crippen LogP contribution in [0.5, 0.6) is 5.75 Å². The Morgan fingerprint density at radius 1 is 1.21 bits per heavy atom. The number of benzene rings is 1. The summed E-state index contributed by atoms with van der Waals surface area (Å²) in [5, 5.41) is 0. The molecule has 0 radical (unpaired) electrons. The third-order valence-corrected chi connectivity index (χ3v) is 2.28. The van der Waals surface area contributed by atoms with Gasteiger partial charge in [-0.2, -0.15) is 0 Å². The van der Waals surface area contributed by atoms with Gasteiger partial charge in [0.15, 0.2) is 0 Å². The van der Waals surface area contributed by atoms with Gasteiger partial charge in [-0.05, 0) is 38.8 Å². The molecule has 2 N–H and O–H groups in total. The Morgan fingerprint density at radius 2 is 1.71 bits per heavy atom. The van der Waals surface area contributed by atoms with Crippen LogP contribution in [0.15, 0.2) is 18.2 Å². The van der Waals surface area contributed by atoms with Crippen molar-refractivity contribution in [3.63, 3.8) is 0 Å². The predicted octanol–water partition coefficient (Wildman–Crippen LogP) is 2.42. The molecule has 0 atom stereocenters. The summed E-state index contributed by atoms with van der Waals surface area (Å²) in [6.07, 6.45) is 0. The molecule has 1 aromatic rings. The van der Waals surface area contributed by atoms with Crippen molar-refractivity contribution in [1.82, 2.24) is 0 Å². The van der Waals surface area contributed by atoms with Gasteiger partial charge in [0, 0.05) is 6.54 Å². The molecule has 1 rings (SSSR count). The second-order valence-electron chi connectivity index (χ2n) is 4.29. The standard InChI is InChI=1S/C12H19NO/c1-9-6-5-7-10(2)11(9)14-12(3,4)8-13/h5-7H,8,13H2,1-4H3. The van der Waals surface area contributed by atoms with Crippen molar-refractivity contribution in [2.75, 3.05) is 6.54 Å². The number of aryl methyl sites for hydroxylation is 2. The molecule has 1 aromatic carbocycles. The van der Waals surface area contributed by atoms with Gasteiger partial charge in [-0.3, -0.25) is 0 Å². The summed E-state index contributed by atoms with van der Waals surface area (Å²) in [5.41, 5.74) is 7.65. The molecule has 0 saturated carbocycles. The highest BCUT2D eigenvalue weighted by molar-refractivity contribution is 5.40. The molecule has 14 heavy (non-hydrogen) atoms. The average Bonchev–Trinajstić information content (AvgIpc) is 2.12. The van der Waals surface area contributed by atoms with Gasteiger partial charge in [0.1, 0.15) is 11.4 Å². The SMILES string of the molecule is Cc1cccc(C)c1OC(C)(C)CN. The molecule has 0 bridgehead atoms. The topological polar surface area (TPSA) is 35.2 Å². The summed E-state index contributed by atoms with van der Waals surface area (Å²) in [6, 6.07) is 6.14. The van der Waals surface area contributed by atoms with Crippen LogP contribution in [0, 0.1) is 13.8 Å². The van der Waals surface area contributed by atoms with E-state index in [1.165, 1.54) is 0 Å². The second kappa shape index (κ2) is 4.01. The van der Waals surface area contributed by atoms with Crippen LogP contribution in [-0.4, -0.2) is 12.1 Å². The minimum Gasteiger partial charge on any atom is -0.486 e. The average molecular weight is 193 g/mol. The van der Waals surface area contributed by atoms with E-state index >= 15 is 0 Å². The van der Waals surface area contributed by atoms with Crippen LogP contribution in [0.3, 0.4) is 0 Å². The van der Waals surface area contributed by atoms with E-state index in [9.17, 15) is 0 Å². The zero-order chi connectivity index (χ0) is 10.8. The molecule has 0 unspecified atom stereocenters. The summed E-state index contributed by atoms with van der Waals surface area (Å²) in [6.45, 7) is 8.61. The molecule has 78 valence electrons. The fourth-order valence-corrected chi connectivity index (χ4v) is 1.28. The maximum absolute atomic E-state index is 5.89. The summed E-state index contributed by atoms with van der Waals surface area (Å²) in [7, 11) is 0. The van der Waals surface area contributed by atoms with Crippen LogP contribution in [0.25, 0.3) is 0 Å². The van der Waals surface area contributed by atoms with Crippen molar-refractivity contribution in [3.05, 3.63) is 29.3 Å². The van der Waals surface area contributed by atoms with Gasteiger partial charge in [0.25, 0.3) is 0 Å². The third-order valence-electron chi connectivity index (χ3n) is 2.28. The molecular weight excluding hydrogens is 174 g/mol. The largest absolute Gasteiger partial charge is 0.486 e. The highest BCUT2D eigenvalue weighted by atomic mass is 16.5. The lowest BCUT2D eigenvalue weighted by atomic mass is 10.1.